The number of alkyl carbamates (subject to hydrolysis) is 1. The standard InChI is InChI=1S/C34H57N5O9S/c1-10-13-17-38(18-14-11-2)31(44)47-23-19-25(39(21-23)28(41)26(32(4,5)6)35-30(43)48-33(7,8)9)27(40)36-34(20-22(34)12-3)29(42)37-49(45,46)24-15-16-24/h12,22-26H,3,10-11,13-21H2,1-2,4-9H3,(H,35,43)(H,36,40)(H,37,42)/t22?,23-,25+,26-,34?/m1/s1. The van der Waals surface area contributed by atoms with E-state index in [2.05, 4.69) is 21.9 Å². The summed E-state index contributed by atoms with van der Waals surface area (Å²) in [5.41, 5.74) is -3.23. The first-order chi connectivity index (χ1) is 22.7. The molecule has 0 spiro atoms. The van der Waals surface area contributed by atoms with Gasteiger partial charge in [-0.05, 0) is 58.3 Å². The third-order valence-corrected chi connectivity index (χ3v) is 10.8. The number of unbranched alkanes of at least 4 members (excludes halogenated alkanes) is 2. The van der Waals surface area contributed by atoms with E-state index in [0.717, 1.165) is 25.7 Å². The molecule has 2 unspecified atom stereocenters. The smallest absolute Gasteiger partial charge is 0.410 e. The third-order valence-electron chi connectivity index (χ3n) is 8.96. The van der Waals surface area contributed by atoms with Crippen molar-refractivity contribution in [2.45, 2.75) is 141 Å². The lowest BCUT2D eigenvalue weighted by Crippen LogP contribution is -2.60. The molecule has 49 heavy (non-hydrogen) atoms. The van der Waals surface area contributed by atoms with E-state index in [1.165, 1.54) is 11.0 Å². The number of likely N-dealkylation sites (tertiary alicyclic amines) is 1. The van der Waals surface area contributed by atoms with Crippen molar-refractivity contribution in [3.63, 3.8) is 0 Å². The van der Waals surface area contributed by atoms with Crippen molar-refractivity contribution in [2.75, 3.05) is 19.6 Å². The fourth-order valence-electron chi connectivity index (χ4n) is 5.84. The van der Waals surface area contributed by atoms with Gasteiger partial charge in [0.1, 0.15) is 29.3 Å². The van der Waals surface area contributed by atoms with Crippen LogP contribution in [0.3, 0.4) is 0 Å². The molecule has 278 valence electrons. The molecule has 1 heterocycles. The molecule has 0 aromatic rings. The molecule has 3 rings (SSSR count). The summed E-state index contributed by atoms with van der Waals surface area (Å²) in [6.07, 6.45) is 3.54. The number of rotatable bonds is 15. The Kier molecular flexibility index (Phi) is 12.8. The third kappa shape index (κ3) is 10.6. The molecule has 0 bridgehead atoms. The number of nitrogens with zero attached hydrogens (tertiary/aromatic N) is 2. The SMILES string of the molecule is C=CC1CC1(NC(=O)[C@@H]1C[C@@H](OC(=O)N(CCCC)CCCC)CN1C(=O)[C@@H](NC(=O)OC(C)(C)C)C(C)(C)C)C(=O)NS(=O)(=O)C1CC1. The molecule has 0 aromatic heterocycles. The van der Waals surface area contributed by atoms with Crippen molar-refractivity contribution < 1.29 is 41.9 Å². The highest BCUT2D eigenvalue weighted by Gasteiger charge is 2.62. The van der Waals surface area contributed by atoms with Crippen LogP contribution >= 0.6 is 0 Å². The summed E-state index contributed by atoms with van der Waals surface area (Å²) in [6.45, 7) is 19.0. The second kappa shape index (κ2) is 15.7. The fraction of sp³-hybridized carbons (Fsp3) is 0.794. The summed E-state index contributed by atoms with van der Waals surface area (Å²) in [7, 11) is -3.90. The maximum absolute atomic E-state index is 14.3. The first kappa shape index (κ1) is 40.1. The number of ether oxygens (including phenoxy) is 2. The van der Waals surface area contributed by atoms with Crippen molar-refractivity contribution >= 4 is 39.9 Å². The molecule has 0 radical (unpaired) electrons. The molecule has 2 aliphatic carbocycles. The van der Waals surface area contributed by atoms with Gasteiger partial charge < -0.3 is 29.9 Å². The minimum atomic E-state index is -3.90. The number of hydrogen-bond acceptors (Lipinski definition) is 9. The average molecular weight is 712 g/mol. The van der Waals surface area contributed by atoms with Gasteiger partial charge in [0.2, 0.25) is 21.8 Å². The van der Waals surface area contributed by atoms with Crippen LogP contribution in [0, 0.1) is 11.3 Å². The maximum atomic E-state index is 14.3. The zero-order valence-corrected chi connectivity index (χ0v) is 31.2. The maximum Gasteiger partial charge on any atom is 0.410 e. The van der Waals surface area contributed by atoms with E-state index < -0.39 is 85.8 Å². The van der Waals surface area contributed by atoms with Crippen LogP contribution in [0.5, 0.6) is 0 Å². The Morgan fingerprint density at radius 1 is 1.02 bits per heavy atom. The molecule has 15 heteroatoms. The molecular weight excluding hydrogens is 654 g/mol. The normalized spacial score (nSPS) is 24.3. The van der Waals surface area contributed by atoms with Gasteiger partial charge >= 0.3 is 12.2 Å². The molecular formula is C34H57N5O9S. The predicted octanol–water partition coefficient (Wildman–Crippen LogP) is 3.60. The van der Waals surface area contributed by atoms with Crippen LogP contribution in [0.25, 0.3) is 0 Å². The van der Waals surface area contributed by atoms with E-state index >= 15 is 0 Å². The van der Waals surface area contributed by atoms with Crippen LogP contribution in [-0.4, -0.2) is 102 Å². The highest BCUT2D eigenvalue weighted by atomic mass is 32.2. The zero-order chi connectivity index (χ0) is 36.9. The largest absolute Gasteiger partial charge is 0.444 e. The van der Waals surface area contributed by atoms with E-state index in [4.69, 9.17) is 9.47 Å². The number of carbonyl (C=O) groups excluding carboxylic acids is 5. The average Bonchev–Trinajstić information content (AvgIpc) is 3.91. The number of nitrogens with one attached hydrogen (secondary N) is 3. The lowest BCUT2D eigenvalue weighted by Gasteiger charge is -2.36. The molecule has 3 fully saturated rings. The van der Waals surface area contributed by atoms with E-state index in [9.17, 15) is 32.4 Å². The molecule has 1 saturated heterocycles. The molecule has 2 saturated carbocycles. The van der Waals surface area contributed by atoms with Gasteiger partial charge in [-0.2, -0.15) is 0 Å². The van der Waals surface area contributed by atoms with E-state index in [0.29, 0.717) is 25.9 Å². The summed E-state index contributed by atoms with van der Waals surface area (Å²) < 4.78 is 38.7. The second-order valence-corrected chi connectivity index (χ2v) is 17.5. The second-order valence-electron chi connectivity index (χ2n) is 15.6. The van der Waals surface area contributed by atoms with E-state index in [1.54, 1.807) is 46.4 Å². The van der Waals surface area contributed by atoms with Crippen molar-refractivity contribution in [2.24, 2.45) is 11.3 Å². The van der Waals surface area contributed by atoms with Gasteiger partial charge in [0.25, 0.3) is 5.91 Å². The Bertz CT molecular complexity index is 1360. The Morgan fingerprint density at radius 3 is 2.08 bits per heavy atom. The number of hydrogen-bond donors (Lipinski definition) is 3. The van der Waals surface area contributed by atoms with Gasteiger partial charge in [0.15, 0.2) is 0 Å². The highest BCUT2D eigenvalue weighted by molar-refractivity contribution is 7.91. The number of sulfonamides is 1. The van der Waals surface area contributed by atoms with Crippen molar-refractivity contribution in [3.8, 4) is 0 Å². The summed E-state index contributed by atoms with van der Waals surface area (Å²) in [5, 5.41) is 4.75. The van der Waals surface area contributed by atoms with Crippen molar-refractivity contribution in [1.29, 1.82) is 0 Å². The van der Waals surface area contributed by atoms with Crippen molar-refractivity contribution in [3.05, 3.63) is 12.7 Å². The van der Waals surface area contributed by atoms with Crippen molar-refractivity contribution in [1.82, 2.24) is 25.2 Å². The van der Waals surface area contributed by atoms with Crippen LogP contribution < -0.4 is 15.4 Å². The minimum absolute atomic E-state index is 0.0706. The molecule has 5 atom stereocenters. The number of carbonyl (C=O) groups is 5. The lowest BCUT2D eigenvalue weighted by atomic mass is 9.85. The molecule has 5 amide bonds. The van der Waals surface area contributed by atoms with Gasteiger partial charge in [0.05, 0.1) is 11.8 Å². The van der Waals surface area contributed by atoms with E-state index in [1.807, 2.05) is 13.8 Å². The first-order valence-corrected chi connectivity index (χ1v) is 19.0. The quantitative estimate of drug-likeness (QED) is 0.214. The summed E-state index contributed by atoms with van der Waals surface area (Å²) >= 11 is 0. The highest BCUT2D eigenvalue weighted by Crippen LogP contribution is 2.45. The van der Waals surface area contributed by atoms with Gasteiger partial charge in [-0.3, -0.25) is 19.1 Å². The molecule has 3 aliphatic rings. The summed E-state index contributed by atoms with van der Waals surface area (Å²) in [6, 6.07) is -2.34. The van der Waals surface area contributed by atoms with Gasteiger partial charge in [-0.1, -0.05) is 53.5 Å². The Labute approximate surface area is 291 Å². The van der Waals surface area contributed by atoms with Crippen LogP contribution in [0.15, 0.2) is 12.7 Å². The van der Waals surface area contributed by atoms with Gasteiger partial charge in [0, 0.05) is 25.4 Å². The Balaban J connectivity index is 1.91. The lowest BCUT2D eigenvalue weighted by molar-refractivity contribution is -0.143. The minimum Gasteiger partial charge on any atom is -0.444 e. The molecule has 3 N–H and O–H groups in total. The van der Waals surface area contributed by atoms with Gasteiger partial charge in [-0.15, -0.1) is 6.58 Å². The van der Waals surface area contributed by atoms with Gasteiger partial charge in [-0.25, -0.2) is 18.0 Å². The molecule has 0 aromatic carbocycles. The zero-order valence-electron chi connectivity index (χ0n) is 30.4. The Morgan fingerprint density at radius 2 is 1.61 bits per heavy atom. The first-order valence-electron chi connectivity index (χ1n) is 17.4. The summed E-state index contributed by atoms with van der Waals surface area (Å²) in [4.78, 5) is 70.9. The van der Waals surface area contributed by atoms with Crippen LogP contribution in [0.2, 0.25) is 0 Å². The molecule has 14 nitrogen and oxygen atoms in total. The predicted molar refractivity (Wildman–Crippen MR) is 184 cm³/mol. The monoisotopic (exact) mass is 711 g/mol. The summed E-state index contributed by atoms with van der Waals surface area (Å²) in [5.74, 6) is -2.71. The number of amides is 5. The van der Waals surface area contributed by atoms with Crippen LogP contribution in [0.4, 0.5) is 9.59 Å². The van der Waals surface area contributed by atoms with Crippen LogP contribution in [0.1, 0.15) is 107 Å². The fourth-order valence-corrected chi connectivity index (χ4v) is 7.21. The Hall–Kier alpha value is -3.36. The molecule has 1 aliphatic heterocycles. The topological polar surface area (TPSA) is 181 Å². The van der Waals surface area contributed by atoms with E-state index in [-0.39, 0.29) is 19.4 Å². The van der Waals surface area contributed by atoms with Crippen LogP contribution in [-0.2, 0) is 33.9 Å².